The van der Waals surface area contributed by atoms with Crippen molar-refractivity contribution in [2.45, 2.75) is 0 Å². The van der Waals surface area contributed by atoms with Gasteiger partial charge in [-0.25, -0.2) is 0 Å². The van der Waals surface area contributed by atoms with E-state index in [1.54, 1.807) is 30.3 Å². The first-order valence-electron chi connectivity index (χ1n) is 5.08. The fourth-order valence-electron chi connectivity index (χ4n) is 1.77. The number of fused-ring (bicyclic) bond motifs is 1. The van der Waals surface area contributed by atoms with E-state index < -0.39 is 0 Å². The van der Waals surface area contributed by atoms with Crippen LogP contribution < -0.4 is 0 Å². The van der Waals surface area contributed by atoms with Gasteiger partial charge in [-0.1, -0.05) is 28.9 Å². The van der Waals surface area contributed by atoms with Crippen LogP contribution in [0.5, 0.6) is 5.75 Å². The number of aromatic hydroxyl groups is 1. The Labute approximate surface area is 102 Å². The third-order valence-corrected chi connectivity index (χ3v) is 2.78. The molecule has 1 aromatic heterocycles. The molecule has 3 nitrogen and oxygen atoms in total. The molecule has 0 radical (unpaired) electrons. The van der Waals surface area contributed by atoms with Gasteiger partial charge >= 0.3 is 0 Å². The van der Waals surface area contributed by atoms with Crippen molar-refractivity contribution in [2.75, 3.05) is 0 Å². The van der Waals surface area contributed by atoms with Crippen molar-refractivity contribution in [3.63, 3.8) is 0 Å². The fraction of sp³-hybridized carbons (Fsp3) is 0. The number of phenols is 1. The van der Waals surface area contributed by atoms with Crippen LogP contribution in [0, 0.1) is 0 Å². The zero-order valence-electron chi connectivity index (χ0n) is 8.72. The minimum Gasteiger partial charge on any atom is -0.508 e. The van der Waals surface area contributed by atoms with Crippen LogP contribution in [-0.4, -0.2) is 10.3 Å². The molecule has 0 fully saturated rings. The van der Waals surface area contributed by atoms with E-state index in [4.69, 9.17) is 16.1 Å². The summed E-state index contributed by atoms with van der Waals surface area (Å²) in [7, 11) is 0. The smallest absolute Gasteiger partial charge is 0.174 e. The Hall–Kier alpha value is -2.00. The van der Waals surface area contributed by atoms with Gasteiger partial charge in [0.1, 0.15) is 11.3 Å². The van der Waals surface area contributed by atoms with Crippen molar-refractivity contribution in [3.8, 4) is 17.1 Å². The fourth-order valence-corrected chi connectivity index (χ4v) is 1.96. The second-order valence-corrected chi connectivity index (χ2v) is 4.16. The molecule has 0 saturated heterocycles. The Morgan fingerprint density at radius 3 is 2.82 bits per heavy atom. The first-order chi connectivity index (χ1) is 8.24. The van der Waals surface area contributed by atoms with Crippen LogP contribution in [0.15, 0.2) is 47.0 Å². The van der Waals surface area contributed by atoms with Crippen molar-refractivity contribution in [3.05, 3.63) is 47.5 Å². The number of phenolic OH excluding ortho intramolecular Hbond substituents is 1. The summed E-state index contributed by atoms with van der Waals surface area (Å²) >= 11 is 5.93. The second kappa shape index (κ2) is 3.79. The summed E-state index contributed by atoms with van der Waals surface area (Å²) in [5.41, 5.74) is 1.54. The van der Waals surface area contributed by atoms with Gasteiger partial charge in [-0.15, -0.1) is 0 Å². The highest BCUT2D eigenvalue weighted by Crippen LogP contribution is 2.31. The van der Waals surface area contributed by atoms with Gasteiger partial charge in [0.05, 0.1) is 5.39 Å². The zero-order chi connectivity index (χ0) is 11.8. The van der Waals surface area contributed by atoms with E-state index in [1.165, 1.54) is 0 Å². The number of benzene rings is 2. The maximum atomic E-state index is 9.48. The lowest BCUT2D eigenvalue weighted by Gasteiger charge is -1.97. The molecule has 0 aliphatic carbocycles. The summed E-state index contributed by atoms with van der Waals surface area (Å²) in [6, 6.07) is 12.2. The van der Waals surface area contributed by atoms with Crippen LogP contribution in [-0.2, 0) is 0 Å². The minimum atomic E-state index is 0.184. The lowest BCUT2D eigenvalue weighted by atomic mass is 10.1. The van der Waals surface area contributed by atoms with E-state index >= 15 is 0 Å². The Morgan fingerprint density at radius 2 is 2.00 bits per heavy atom. The summed E-state index contributed by atoms with van der Waals surface area (Å²) in [6.07, 6.45) is 0. The van der Waals surface area contributed by atoms with Gasteiger partial charge < -0.3 is 9.63 Å². The SMILES string of the molecule is Oc1ccc2noc(-c3cccc(Cl)c3)c2c1. The molecule has 17 heavy (non-hydrogen) atoms. The van der Waals surface area contributed by atoms with Crippen molar-refractivity contribution in [1.29, 1.82) is 0 Å². The van der Waals surface area contributed by atoms with Crippen LogP contribution in [0.1, 0.15) is 0 Å². The Bertz CT molecular complexity index is 691. The molecular formula is C13H8ClNO2. The monoisotopic (exact) mass is 245 g/mol. The van der Waals surface area contributed by atoms with Crippen molar-refractivity contribution >= 4 is 22.5 Å². The number of hydrogen-bond acceptors (Lipinski definition) is 3. The van der Waals surface area contributed by atoms with Gasteiger partial charge in [-0.05, 0) is 30.3 Å². The molecule has 3 rings (SSSR count). The van der Waals surface area contributed by atoms with E-state index in [-0.39, 0.29) is 5.75 Å². The molecule has 3 aromatic rings. The largest absolute Gasteiger partial charge is 0.508 e. The van der Waals surface area contributed by atoms with Gasteiger partial charge in [-0.3, -0.25) is 0 Å². The molecule has 0 unspecified atom stereocenters. The van der Waals surface area contributed by atoms with Crippen molar-refractivity contribution < 1.29 is 9.63 Å². The van der Waals surface area contributed by atoms with Crippen LogP contribution >= 0.6 is 11.6 Å². The Morgan fingerprint density at radius 1 is 1.12 bits per heavy atom. The first-order valence-corrected chi connectivity index (χ1v) is 5.46. The predicted octanol–water partition coefficient (Wildman–Crippen LogP) is 3.85. The van der Waals surface area contributed by atoms with E-state index in [1.807, 2.05) is 12.1 Å². The first kappa shape index (κ1) is 10.2. The Kier molecular flexibility index (Phi) is 2.27. The highest BCUT2D eigenvalue weighted by Gasteiger charge is 2.11. The highest BCUT2D eigenvalue weighted by atomic mass is 35.5. The average Bonchev–Trinajstić information content (AvgIpc) is 2.71. The van der Waals surface area contributed by atoms with Gasteiger partial charge in [0.2, 0.25) is 0 Å². The maximum Gasteiger partial charge on any atom is 0.174 e. The number of nitrogens with zero attached hydrogens (tertiary/aromatic N) is 1. The number of halogens is 1. The van der Waals surface area contributed by atoms with E-state index in [9.17, 15) is 5.11 Å². The summed E-state index contributed by atoms with van der Waals surface area (Å²) in [6.45, 7) is 0. The molecule has 0 bridgehead atoms. The molecule has 0 amide bonds. The normalized spacial score (nSPS) is 10.9. The van der Waals surface area contributed by atoms with Gasteiger partial charge in [0.15, 0.2) is 5.76 Å². The van der Waals surface area contributed by atoms with Crippen molar-refractivity contribution in [1.82, 2.24) is 5.16 Å². The summed E-state index contributed by atoms with van der Waals surface area (Å²) in [5.74, 6) is 0.794. The third-order valence-electron chi connectivity index (χ3n) is 2.55. The molecule has 0 aliphatic heterocycles. The highest BCUT2D eigenvalue weighted by molar-refractivity contribution is 6.30. The topological polar surface area (TPSA) is 46.3 Å². The van der Waals surface area contributed by atoms with E-state index in [0.29, 0.717) is 16.3 Å². The summed E-state index contributed by atoms with van der Waals surface area (Å²) in [4.78, 5) is 0. The van der Waals surface area contributed by atoms with Gasteiger partial charge in [0, 0.05) is 10.6 Å². The van der Waals surface area contributed by atoms with Gasteiger partial charge in [-0.2, -0.15) is 0 Å². The van der Waals surface area contributed by atoms with Crippen LogP contribution in [0.3, 0.4) is 0 Å². The molecular weight excluding hydrogens is 238 g/mol. The molecule has 1 N–H and O–H groups in total. The second-order valence-electron chi connectivity index (χ2n) is 3.72. The molecule has 0 aliphatic rings. The van der Waals surface area contributed by atoms with E-state index in [2.05, 4.69) is 5.16 Å². The molecule has 4 heteroatoms. The summed E-state index contributed by atoms with van der Waals surface area (Å²) < 4.78 is 5.29. The minimum absolute atomic E-state index is 0.184. The number of hydrogen-bond donors (Lipinski definition) is 1. The van der Waals surface area contributed by atoms with Crippen LogP contribution in [0.2, 0.25) is 5.02 Å². The quantitative estimate of drug-likeness (QED) is 0.708. The average molecular weight is 246 g/mol. The molecule has 84 valence electrons. The lowest BCUT2D eigenvalue weighted by Crippen LogP contribution is -1.75. The molecule has 0 spiro atoms. The Balaban J connectivity index is 2.27. The predicted molar refractivity (Wildman–Crippen MR) is 66.1 cm³/mol. The standard InChI is InChI=1S/C13H8ClNO2/c14-9-3-1-2-8(6-9)13-11-7-10(16)4-5-12(11)15-17-13/h1-7,16H. The van der Waals surface area contributed by atoms with Crippen LogP contribution in [0.25, 0.3) is 22.2 Å². The molecule has 0 atom stereocenters. The third kappa shape index (κ3) is 1.74. The molecule has 0 saturated carbocycles. The number of rotatable bonds is 1. The summed E-state index contributed by atoms with van der Waals surface area (Å²) in [5, 5.41) is 14.8. The maximum absolute atomic E-state index is 9.48. The van der Waals surface area contributed by atoms with Crippen molar-refractivity contribution in [2.24, 2.45) is 0 Å². The number of aromatic nitrogens is 1. The zero-order valence-corrected chi connectivity index (χ0v) is 9.48. The lowest BCUT2D eigenvalue weighted by molar-refractivity contribution is 0.441. The molecule has 1 heterocycles. The van der Waals surface area contributed by atoms with Gasteiger partial charge in [0.25, 0.3) is 0 Å². The molecule has 2 aromatic carbocycles. The van der Waals surface area contributed by atoms with E-state index in [0.717, 1.165) is 10.9 Å². The van der Waals surface area contributed by atoms with Crippen LogP contribution in [0.4, 0.5) is 0 Å².